The first-order valence-corrected chi connectivity index (χ1v) is 9.37. The van der Waals surface area contributed by atoms with Crippen molar-refractivity contribution in [3.8, 4) is 0 Å². The normalized spacial score (nSPS) is 11.5. The minimum Gasteiger partial charge on any atom is -0.481 e. The van der Waals surface area contributed by atoms with E-state index < -0.39 is 21.9 Å². The van der Waals surface area contributed by atoms with Crippen LogP contribution in [0.4, 0.5) is 5.69 Å². The smallest absolute Gasteiger partial charge is 0.303 e. The van der Waals surface area contributed by atoms with Crippen LogP contribution in [0.25, 0.3) is 0 Å². The summed E-state index contributed by atoms with van der Waals surface area (Å²) in [6, 6.07) is 5.89. The number of anilines is 1. The maximum absolute atomic E-state index is 12.6. The highest BCUT2D eigenvalue weighted by Gasteiger charge is 2.22. The lowest BCUT2D eigenvalue weighted by molar-refractivity contribution is -0.138. The number of nitrogens with one attached hydrogen (secondary N) is 1. The number of nitrogens with zero attached hydrogens (tertiary/aromatic N) is 1. The number of sulfonamides is 1. The summed E-state index contributed by atoms with van der Waals surface area (Å²) < 4.78 is 26.6. The summed E-state index contributed by atoms with van der Waals surface area (Å²) >= 11 is 0. The molecule has 2 N–H and O–H groups in total. The fraction of sp³-hybridized carbons (Fsp3) is 0.500. The molecule has 8 heteroatoms. The number of amides is 1. The summed E-state index contributed by atoms with van der Waals surface area (Å²) in [7, 11) is -3.55. The van der Waals surface area contributed by atoms with Crippen molar-refractivity contribution in [2.24, 2.45) is 0 Å². The summed E-state index contributed by atoms with van der Waals surface area (Å²) in [5.41, 5.74) is 0.432. The molecule has 0 unspecified atom stereocenters. The Morgan fingerprint density at radius 3 is 2.04 bits per heavy atom. The Morgan fingerprint density at radius 1 is 1.04 bits per heavy atom. The number of carbonyl (C=O) groups is 2. The quantitative estimate of drug-likeness (QED) is 0.669. The largest absolute Gasteiger partial charge is 0.481 e. The van der Waals surface area contributed by atoms with Gasteiger partial charge in [0.05, 0.1) is 11.3 Å². The van der Waals surface area contributed by atoms with Gasteiger partial charge in [-0.3, -0.25) is 9.59 Å². The highest BCUT2D eigenvalue weighted by atomic mass is 32.2. The second kappa shape index (κ2) is 9.39. The van der Waals surface area contributed by atoms with Crippen LogP contribution in [0.3, 0.4) is 0 Å². The van der Waals surface area contributed by atoms with Crippen molar-refractivity contribution in [3.05, 3.63) is 24.3 Å². The number of rotatable bonds is 10. The topological polar surface area (TPSA) is 104 Å². The number of carboxylic acids is 1. The van der Waals surface area contributed by atoms with Gasteiger partial charge in [-0.1, -0.05) is 13.8 Å². The molecule has 1 amide bonds. The van der Waals surface area contributed by atoms with Crippen LogP contribution in [0.15, 0.2) is 29.2 Å². The third-order valence-electron chi connectivity index (χ3n) is 3.29. The standard InChI is InChI=1S/C16H24N2O5S/c1-3-11-18(12-4-2)24(22,23)14-7-5-13(6-8-14)17-15(19)9-10-16(20)21/h5-8H,3-4,9-12H2,1-2H3,(H,17,19)(H,20,21). The van der Waals surface area contributed by atoms with Gasteiger partial charge in [0.2, 0.25) is 15.9 Å². The SMILES string of the molecule is CCCN(CCC)S(=O)(=O)c1ccc(NC(=O)CCC(=O)O)cc1. The van der Waals surface area contributed by atoms with E-state index in [1.54, 1.807) is 0 Å². The van der Waals surface area contributed by atoms with Gasteiger partial charge < -0.3 is 10.4 Å². The molecule has 0 aromatic heterocycles. The molecule has 0 atom stereocenters. The molecule has 0 aliphatic carbocycles. The average molecular weight is 356 g/mol. The minimum atomic E-state index is -3.55. The van der Waals surface area contributed by atoms with Crippen LogP contribution >= 0.6 is 0 Å². The first kappa shape index (κ1) is 20.1. The molecule has 0 radical (unpaired) electrons. The molecule has 1 aromatic carbocycles. The molecule has 0 spiro atoms. The monoisotopic (exact) mass is 356 g/mol. The van der Waals surface area contributed by atoms with E-state index in [9.17, 15) is 18.0 Å². The first-order chi connectivity index (χ1) is 11.3. The van der Waals surface area contributed by atoms with Crippen LogP contribution in [0.5, 0.6) is 0 Å². The summed E-state index contributed by atoms with van der Waals surface area (Å²) in [5, 5.41) is 11.1. The fourth-order valence-corrected chi connectivity index (χ4v) is 3.78. The van der Waals surface area contributed by atoms with Crippen LogP contribution in [-0.2, 0) is 19.6 Å². The van der Waals surface area contributed by atoms with E-state index in [-0.39, 0.29) is 17.7 Å². The molecular weight excluding hydrogens is 332 g/mol. The number of hydrogen-bond acceptors (Lipinski definition) is 4. The van der Waals surface area contributed by atoms with E-state index in [0.29, 0.717) is 18.8 Å². The maximum Gasteiger partial charge on any atom is 0.303 e. The third kappa shape index (κ3) is 5.93. The molecule has 0 heterocycles. The van der Waals surface area contributed by atoms with Gasteiger partial charge in [0.25, 0.3) is 0 Å². The number of hydrogen-bond donors (Lipinski definition) is 2. The predicted octanol–water partition coefficient (Wildman–Crippen LogP) is 2.30. The van der Waals surface area contributed by atoms with Crippen molar-refractivity contribution < 1.29 is 23.1 Å². The highest BCUT2D eigenvalue weighted by molar-refractivity contribution is 7.89. The molecule has 0 bridgehead atoms. The zero-order chi connectivity index (χ0) is 18.2. The van der Waals surface area contributed by atoms with E-state index in [0.717, 1.165) is 12.8 Å². The average Bonchev–Trinajstić information content (AvgIpc) is 2.53. The Morgan fingerprint density at radius 2 is 1.58 bits per heavy atom. The van der Waals surface area contributed by atoms with Crippen molar-refractivity contribution in [3.63, 3.8) is 0 Å². The predicted molar refractivity (Wildman–Crippen MR) is 91.3 cm³/mol. The minimum absolute atomic E-state index is 0.129. The van der Waals surface area contributed by atoms with E-state index in [1.165, 1.54) is 28.6 Å². The van der Waals surface area contributed by atoms with Gasteiger partial charge in [0.1, 0.15) is 0 Å². The summed E-state index contributed by atoms with van der Waals surface area (Å²) in [6.45, 7) is 4.77. The van der Waals surface area contributed by atoms with Gasteiger partial charge in [0.15, 0.2) is 0 Å². The van der Waals surface area contributed by atoms with Crippen LogP contribution in [0, 0.1) is 0 Å². The molecule has 0 saturated heterocycles. The lowest BCUT2D eigenvalue weighted by Gasteiger charge is -2.21. The Labute approximate surface area is 142 Å². The number of carboxylic acid groups (broad SMARTS) is 1. The van der Waals surface area contributed by atoms with Gasteiger partial charge >= 0.3 is 5.97 Å². The van der Waals surface area contributed by atoms with Gasteiger partial charge in [0, 0.05) is 25.2 Å². The molecular formula is C16H24N2O5S. The Balaban J connectivity index is 2.82. The molecule has 0 aliphatic rings. The van der Waals surface area contributed by atoms with Gasteiger partial charge in [-0.25, -0.2) is 8.42 Å². The van der Waals surface area contributed by atoms with E-state index in [2.05, 4.69) is 5.32 Å². The van der Waals surface area contributed by atoms with Crippen LogP contribution in [-0.4, -0.2) is 42.8 Å². The Kier molecular flexibility index (Phi) is 7.87. The zero-order valence-electron chi connectivity index (χ0n) is 14.0. The molecule has 0 fully saturated rings. The highest BCUT2D eigenvalue weighted by Crippen LogP contribution is 2.19. The summed E-state index contributed by atoms with van der Waals surface area (Å²) in [5.74, 6) is -1.47. The van der Waals surface area contributed by atoms with Crippen molar-refractivity contribution >= 4 is 27.6 Å². The molecule has 0 aliphatic heterocycles. The molecule has 24 heavy (non-hydrogen) atoms. The van der Waals surface area contributed by atoms with Crippen LogP contribution in [0.1, 0.15) is 39.5 Å². The Hall–Kier alpha value is -1.93. The first-order valence-electron chi connectivity index (χ1n) is 7.93. The lowest BCUT2D eigenvalue weighted by Crippen LogP contribution is -2.32. The molecule has 0 saturated carbocycles. The van der Waals surface area contributed by atoms with E-state index >= 15 is 0 Å². The van der Waals surface area contributed by atoms with E-state index in [4.69, 9.17) is 5.11 Å². The van der Waals surface area contributed by atoms with Crippen LogP contribution in [0.2, 0.25) is 0 Å². The molecule has 134 valence electrons. The van der Waals surface area contributed by atoms with Crippen molar-refractivity contribution in [2.75, 3.05) is 18.4 Å². The molecule has 7 nitrogen and oxygen atoms in total. The van der Waals surface area contributed by atoms with Gasteiger partial charge in [-0.15, -0.1) is 0 Å². The van der Waals surface area contributed by atoms with Gasteiger partial charge in [-0.2, -0.15) is 4.31 Å². The molecule has 1 rings (SSSR count). The maximum atomic E-state index is 12.6. The fourth-order valence-electron chi connectivity index (χ4n) is 2.15. The zero-order valence-corrected chi connectivity index (χ0v) is 14.8. The number of aliphatic carboxylic acids is 1. The second-order valence-corrected chi connectivity index (χ2v) is 7.31. The number of benzene rings is 1. The number of carbonyl (C=O) groups excluding carboxylic acids is 1. The summed E-state index contributed by atoms with van der Waals surface area (Å²) in [6.07, 6.45) is 1.09. The van der Waals surface area contributed by atoms with Gasteiger partial charge in [-0.05, 0) is 37.1 Å². The lowest BCUT2D eigenvalue weighted by atomic mass is 10.2. The van der Waals surface area contributed by atoms with Crippen molar-refractivity contribution in [1.29, 1.82) is 0 Å². The van der Waals surface area contributed by atoms with Crippen molar-refractivity contribution in [2.45, 2.75) is 44.4 Å². The van der Waals surface area contributed by atoms with E-state index in [1.807, 2.05) is 13.8 Å². The van der Waals surface area contributed by atoms with Crippen molar-refractivity contribution in [1.82, 2.24) is 4.31 Å². The second-order valence-electron chi connectivity index (χ2n) is 5.37. The summed E-state index contributed by atoms with van der Waals surface area (Å²) in [4.78, 5) is 22.2. The third-order valence-corrected chi connectivity index (χ3v) is 5.20. The molecule has 1 aromatic rings. The Bertz CT molecular complexity index is 650. The van der Waals surface area contributed by atoms with Crippen LogP contribution < -0.4 is 5.32 Å².